The molecule has 0 spiro atoms. The van der Waals surface area contributed by atoms with Gasteiger partial charge < -0.3 is 11.1 Å². The average molecular weight is 339 g/mol. The van der Waals surface area contributed by atoms with Crippen LogP contribution >= 0.6 is 0 Å². The molecule has 7 heteroatoms. The summed E-state index contributed by atoms with van der Waals surface area (Å²) in [6.45, 7) is 4.15. The number of sulfonamides is 1. The van der Waals surface area contributed by atoms with Crippen LogP contribution in [0.1, 0.15) is 32.3 Å². The summed E-state index contributed by atoms with van der Waals surface area (Å²) in [6, 6.07) is 9.14. The number of nitrogens with two attached hydrogens (primary N) is 1. The van der Waals surface area contributed by atoms with Crippen LogP contribution in [0.3, 0.4) is 0 Å². The van der Waals surface area contributed by atoms with E-state index >= 15 is 0 Å². The monoisotopic (exact) mass is 339 g/mol. The Morgan fingerprint density at radius 2 is 1.83 bits per heavy atom. The van der Waals surface area contributed by atoms with Gasteiger partial charge in [-0.15, -0.1) is 0 Å². The standard InChI is InChI=1S/C16H25N3O3S/c1-16(2,17)15(20)18-14-8-10-19(11-9-14)23(21,22)12-13-6-4-3-5-7-13/h3-7,14H,8-12,17H2,1-2H3,(H,18,20). The molecule has 1 saturated heterocycles. The second-order valence-corrected chi connectivity index (χ2v) is 8.58. The van der Waals surface area contributed by atoms with Crippen molar-refractivity contribution in [2.45, 2.75) is 44.0 Å². The Hall–Kier alpha value is -1.44. The van der Waals surface area contributed by atoms with Crippen molar-refractivity contribution in [2.75, 3.05) is 13.1 Å². The van der Waals surface area contributed by atoms with Gasteiger partial charge >= 0.3 is 0 Å². The zero-order valence-electron chi connectivity index (χ0n) is 13.7. The second kappa shape index (κ2) is 6.98. The van der Waals surface area contributed by atoms with Gasteiger partial charge in [-0.3, -0.25) is 4.79 Å². The van der Waals surface area contributed by atoms with Gasteiger partial charge in [-0.2, -0.15) is 0 Å². The van der Waals surface area contributed by atoms with Crippen LogP contribution in [0.25, 0.3) is 0 Å². The number of hydrogen-bond donors (Lipinski definition) is 2. The van der Waals surface area contributed by atoms with Crippen LogP contribution in [-0.4, -0.2) is 43.3 Å². The van der Waals surface area contributed by atoms with Crippen molar-refractivity contribution >= 4 is 15.9 Å². The highest BCUT2D eigenvalue weighted by Gasteiger charge is 2.30. The number of nitrogens with zero attached hydrogens (tertiary/aromatic N) is 1. The summed E-state index contributed by atoms with van der Waals surface area (Å²) in [5, 5.41) is 2.90. The van der Waals surface area contributed by atoms with Crippen molar-refractivity contribution < 1.29 is 13.2 Å². The Balaban J connectivity index is 1.90. The van der Waals surface area contributed by atoms with Gasteiger partial charge in [-0.25, -0.2) is 12.7 Å². The maximum Gasteiger partial charge on any atom is 0.239 e. The van der Waals surface area contributed by atoms with E-state index in [-0.39, 0.29) is 17.7 Å². The van der Waals surface area contributed by atoms with Crippen LogP contribution in [0.5, 0.6) is 0 Å². The summed E-state index contributed by atoms with van der Waals surface area (Å²) in [4.78, 5) is 11.9. The summed E-state index contributed by atoms with van der Waals surface area (Å²) in [6.07, 6.45) is 1.21. The van der Waals surface area contributed by atoms with Crippen LogP contribution in [0.15, 0.2) is 30.3 Å². The molecule has 1 aliphatic rings. The lowest BCUT2D eigenvalue weighted by atomic mass is 10.0. The third kappa shape index (κ3) is 5.02. The van der Waals surface area contributed by atoms with E-state index < -0.39 is 15.6 Å². The van der Waals surface area contributed by atoms with Crippen LogP contribution < -0.4 is 11.1 Å². The number of hydrogen-bond acceptors (Lipinski definition) is 4. The SMILES string of the molecule is CC(C)(N)C(=O)NC1CCN(S(=O)(=O)Cc2ccccc2)CC1. The summed E-state index contributed by atoms with van der Waals surface area (Å²) < 4.78 is 26.4. The molecule has 1 aliphatic heterocycles. The first-order valence-electron chi connectivity index (χ1n) is 7.80. The quantitative estimate of drug-likeness (QED) is 0.831. The highest BCUT2D eigenvalue weighted by atomic mass is 32.2. The Labute approximate surface area is 138 Å². The lowest BCUT2D eigenvalue weighted by Gasteiger charge is -2.33. The molecule has 0 saturated carbocycles. The van der Waals surface area contributed by atoms with E-state index in [0.29, 0.717) is 25.9 Å². The Morgan fingerprint density at radius 1 is 1.26 bits per heavy atom. The molecule has 3 N–H and O–H groups in total. The van der Waals surface area contributed by atoms with Gasteiger partial charge in [-0.1, -0.05) is 30.3 Å². The molecule has 1 aromatic carbocycles. The smallest absolute Gasteiger partial charge is 0.239 e. The molecule has 1 fully saturated rings. The average Bonchev–Trinajstić information content (AvgIpc) is 2.47. The third-order valence-corrected chi connectivity index (χ3v) is 5.81. The zero-order valence-corrected chi connectivity index (χ0v) is 14.5. The zero-order chi connectivity index (χ0) is 17.1. The van der Waals surface area contributed by atoms with Crippen LogP contribution in [0, 0.1) is 0 Å². The molecule has 0 unspecified atom stereocenters. The molecule has 0 aromatic heterocycles. The number of benzene rings is 1. The van der Waals surface area contributed by atoms with Crippen LogP contribution in [0.4, 0.5) is 0 Å². The Bertz CT molecular complexity index is 630. The van der Waals surface area contributed by atoms with E-state index in [4.69, 9.17) is 5.73 Å². The fourth-order valence-electron chi connectivity index (χ4n) is 2.53. The van der Waals surface area contributed by atoms with E-state index in [9.17, 15) is 13.2 Å². The van der Waals surface area contributed by atoms with Crippen molar-refractivity contribution in [1.82, 2.24) is 9.62 Å². The first-order valence-corrected chi connectivity index (χ1v) is 9.41. The normalized spacial score (nSPS) is 17.9. The fraction of sp³-hybridized carbons (Fsp3) is 0.562. The first-order chi connectivity index (χ1) is 10.7. The molecular formula is C16H25N3O3S. The van der Waals surface area contributed by atoms with Gasteiger partial charge in [0.05, 0.1) is 11.3 Å². The minimum atomic E-state index is -3.32. The van der Waals surface area contributed by atoms with Gasteiger partial charge in [0.2, 0.25) is 15.9 Å². The van der Waals surface area contributed by atoms with Crippen LogP contribution in [-0.2, 0) is 20.6 Å². The molecule has 1 amide bonds. The number of carbonyl (C=O) groups excluding carboxylic acids is 1. The molecule has 1 aromatic rings. The van der Waals surface area contributed by atoms with Gasteiger partial charge in [-0.05, 0) is 32.3 Å². The first kappa shape index (κ1) is 17.9. The van der Waals surface area contributed by atoms with Gasteiger partial charge in [0, 0.05) is 19.1 Å². The molecule has 1 heterocycles. The highest BCUT2D eigenvalue weighted by Crippen LogP contribution is 2.18. The van der Waals surface area contributed by atoms with Crippen molar-refractivity contribution in [3.05, 3.63) is 35.9 Å². The number of amides is 1. The summed E-state index contributed by atoms with van der Waals surface area (Å²) in [5.41, 5.74) is 5.63. The summed E-state index contributed by atoms with van der Waals surface area (Å²) in [5.74, 6) is -0.191. The number of carbonyl (C=O) groups is 1. The van der Waals surface area contributed by atoms with Gasteiger partial charge in [0.1, 0.15) is 0 Å². The van der Waals surface area contributed by atoms with Crippen molar-refractivity contribution in [1.29, 1.82) is 0 Å². The molecular weight excluding hydrogens is 314 g/mol. The van der Waals surface area contributed by atoms with Gasteiger partial charge in [0.25, 0.3) is 0 Å². The van der Waals surface area contributed by atoms with E-state index in [1.165, 1.54) is 4.31 Å². The summed E-state index contributed by atoms with van der Waals surface area (Å²) in [7, 11) is -3.32. The molecule has 6 nitrogen and oxygen atoms in total. The van der Waals surface area contributed by atoms with E-state index in [0.717, 1.165) is 5.56 Å². The second-order valence-electron chi connectivity index (χ2n) is 6.61. The topological polar surface area (TPSA) is 92.5 Å². The third-order valence-electron chi connectivity index (χ3n) is 3.96. The lowest BCUT2D eigenvalue weighted by molar-refractivity contribution is -0.126. The van der Waals surface area contributed by atoms with Crippen molar-refractivity contribution in [3.8, 4) is 0 Å². The summed E-state index contributed by atoms with van der Waals surface area (Å²) >= 11 is 0. The predicted octanol–water partition coefficient (Wildman–Crippen LogP) is 0.834. The number of nitrogens with one attached hydrogen (secondary N) is 1. The van der Waals surface area contributed by atoms with E-state index in [1.807, 2.05) is 30.3 Å². The van der Waals surface area contributed by atoms with Crippen molar-refractivity contribution in [2.24, 2.45) is 5.73 Å². The number of rotatable bonds is 5. The van der Waals surface area contributed by atoms with E-state index in [2.05, 4.69) is 5.32 Å². The molecule has 128 valence electrons. The number of piperidine rings is 1. The lowest BCUT2D eigenvalue weighted by Crippen LogP contribution is -2.54. The molecule has 0 bridgehead atoms. The van der Waals surface area contributed by atoms with Crippen molar-refractivity contribution in [3.63, 3.8) is 0 Å². The highest BCUT2D eigenvalue weighted by molar-refractivity contribution is 7.88. The Morgan fingerprint density at radius 3 is 2.35 bits per heavy atom. The van der Waals surface area contributed by atoms with E-state index in [1.54, 1.807) is 13.8 Å². The minimum Gasteiger partial charge on any atom is -0.352 e. The maximum absolute atomic E-state index is 12.5. The van der Waals surface area contributed by atoms with Crippen LogP contribution in [0.2, 0.25) is 0 Å². The maximum atomic E-state index is 12.5. The molecule has 0 aliphatic carbocycles. The molecule has 2 rings (SSSR count). The molecule has 0 atom stereocenters. The molecule has 23 heavy (non-hydrogen) atoms. The fourth-order valence-corrected chi connectivity index (χ4v) is 4.09. The largest absolute Gasteiger partial charge is 0.352 e. The van der Waals surface area contributed by atoms with Gasteiger partial charge in [0.15, 0.2) is 0 Å². The minimum absolute atomic E-state index is 0.0146. The Kier molecular flexibility index (Phi) is 5.44. The molecule has 0 radical (unpaired) electrons. The predicted molar refractivity (Wildman–Crippen MR) is 90.1 cm³/mol.